The van der Waals surface area contributed by atoms with Gasteiger partial charge in [0.2, 0.25) is 0 Å². The van der Waals surface area contributed by atoms with E-state index >= 15 is 0 Å². The number of fused-ring (bicyclic) bond motifs is 1. The van der Waals surface area contributed by atoms with Crippen LogP contribution in [0, 0.1) is 25.7 Å². The molecule has 0 spiro atoms. The van der Waals surface area contributed by atoms with Crippen LogP contribution in [0.5, 0.6) is 0 Å². The lowest BCUT2D eigenvalue weighted by molar-refractivity contribution is -0.0834. The molecule has 23 heavy (non-hydrogen) atoms. The van der Waals surface area contributed by atoms with Crippen molar-refractivity contribution in [2.45, 2.75) is 52.2 Å². The van der Waals surface area contributed by atoms with Crippen LogP contribution in [0.2, 0.25) is 0 Å². The standard InChI is InChI=1S/C20H28N2O/c1-13-4-7-18-17(10-13)15(3)19(21-18)12-22-9-8-20(23,14(2)11-22)16-5-6-16/h4,7,10,14,16,21,23H,5-6,8-9,11-12H2,1-3H3/t14-,20+/m1/s1. The third kappa shape index (κ3) is 2.60. The molecule has 2 aromatic rings. The van der Waals surface area contributed by atoms with E-state index < -0.39 is 5.60 Å². The highest BCUT2D eigenvalue weighted by Gasteiger charge is 2.49. The van der Waals surface area contributed by atoms with Crippen molar-refractivity contribution in [2.75, 3.05) is 13.1 Å². The normalized spacial score (nSPS) is 29.3. The number of rotatable bonds is 3. The van der Waals surface area contributed by atoms with Crippen LogP contribution in [0.4, 0.5) is 0 Å². The van der Waals surface area contributed by atoms with E-state index in [1.165, 1.54) is 40.6 Å². The number of aliphatic hydroxyl groups is 1. The molecule has 1 aliphatic heterocycles. The van der Waals surface area contributed by atoms with Gasteiger partial charge >= 0.3 is 0 Å². The maximum atomic E-state index is 10.9. The smallest absolute Gasteiger partial charge is 0.0725 e. The van der Waals surface area contributed by atoms with Gasteiger partial charge in [-0.25, -0.2) is 0 Å². The summed E-state index contributed by atoms with van der Waals surface area (Å²) in [4.78, 5) is 6.11. The molecule has 0 radical (unpaired) electrons. The van der Waals surface area contributed by atoms with Crippen LogP contribution in [0.25, 0.3) is 10.9 Å². The maximum absolute atomic E-state index is 10.9. The van der Waals surface area contributed by atoms with Gasteiger partial charge in [0, 0.05) is 36.2 Å². The van der Waals surface area contributed by atoms with Gasteiger partial charge in [0.1, 0.15) is 0 Å². The van der Waals surface area contributed by atoms with Gasteiger partial charge in [0.05, 0.1) is 5.60 Å². The fourth-order valence-electron chi connectivity index (χ4n) is 4.43. The molecule has 2 atom stereocenters. The summed E-state index contributed by atoms with van der Waals surface area (Å²) in [6.07, 6.45) is 3.37. The van der Waals surface area contributed by atoms with Crippen LogP contribution in [-0.2, 0) is 6.54 Å². The monoisotopic (exact) mass is 312 g/mol. The molecule has 1 saturated heterocycles. The molecule has 2 aliphatic rings. The molecule has 1 saturated carbocycles. The predicted octanol–water partition coefficient (Wildman–Crippen LogP) is 3.77. The molecule has 0 unspecified atom stereocenters. The van der Waals surface area contributed by atoms with Crippen LogP contribution in [0.1, 0.15) is 43.0 Å². The average Bonchev–Trinajstić information content (AvgIpc) is 3.32. The Kier molecular flexibility index (Phi) is 3.54. The quantitative estimate of drug-likeness (QED) is 0.905. The minimum absolute atomic E-state index is 0.371. The summed E-state index contributed by atoms with van der Waals surface area (Å²) in [7, 11) is 0. The third-order valence-electron chi connectivity index (χ3n) is 6.20. The van der Waals surface area contributed by atoms with E-state index in [0.29, 0.717) is 11.8 Å². The number of hydrogen-bond acceptors (Lipinski definition) is 2. The zero-order valence-corrected chi connectivity index (χ0v) is 14.5. The van der Waals surface area contributed by atoms with E-state index in [2.05, 4.69) is 48.9 Å². The number of aryl methyl sites for hydroxylation is 2. The molecule has 124 valence electrons. The number of hydrogen-bond donors (Lipinski definition) is 2. The Balaban J connectivity index is 1.52. The van der Waals surface area contributed by atoms with Gasteiger partial charge in [0.25, 0.3) is 0 Å². The topological polar surface area (TPSA) is 39.3 Å². The summed E-state index contributed by atoms with van der Waals surface area (Å²) in [5, 5.41) is 12.3. The van der Waals surface area contributed by atoms with Crippen LogP contribution >= 0.6 is 0 Å². The van der Waals surface area contributed by atoms with E-state index in [0.717, 1.165) is 26.1 Å². The zero-order chi connectivity index (χ0) is 16.2. The van der Waals surface area contributed by atoms with Crippen molar-refractivity contribution in [3.8, 4) is 0 Å². The molecular weight excluding hydrogens is 284 g/mol. The number of aromatic nitrogens is 1. The van der Waals surface area contributed by atoms with Crippen molar-refractivity contribution in [1.29, 1.82) is 0 Å². The SMILES string of the molecule is Cc1ccc2[nH]c(CN3CC[C@@](O)(C4CC4)[C@H](C)C3)c(C)c2c1. The number of nitrogens with zero attached hydrogens (tertiary/aromatic N) is 1. The molecule has 1 aliphatic carbocycles. The van der Waals surface area contributed by atoms with Crippen LogP contribution < -0.4 is 0 Å². The van der Waals surface area contributed by atoms with E-state index in [1.54, 1.807) is 0 Å². The van der Waals surface area contributed by atoms with Crippen LogP contribution in [0.3, 0.4) is 0 Å². The highest BCUT2D eigenvalue weighted by atomic mass is 16.3. The van der Waals surface area contributed by atoms with Crippen molar-refractivity contribution in [2.24, 2.45) is 11.8 Å². The van der Waals surface area contributed by atoms with Gasteiger partial charge in [-0.3, -0.25) is 4.90 Å². The Morgan fingerprint density at radius 1 is 1.30 bits per heavy atom. The van der Waals surface area contributed by atoms with Gasteiger partial charge in [-0.1, -0.05) is 18.6 Å². The minimum Gasteiger partial charge on any atom is -0.389 e. The molecule has 2 N–H and O–H groups in total. The Morgan fingerprint density at radius 2 is 2.09 bits per heavy atom. The summed E-state index contributed by atoms with van der Waals surface area (Å²) in [6.45, 7) is 9.57. The number of piperidine rings is 1. The molecule has 0 bridgehead atoms. The fraction of sp³-hybridized carbons (Fsp3) is 0.600. The lowest BCUT2D eigenvalue weighted by Crippen LogP contribution is -2.51. The zero-order valence-electron chi connectivity index (χ0n) is 14.5. The Hall–Kier alpha value is -1.32. The first-order valence-electron chi connectivity index (χ1n) is 9.00. The van der Waals surface area contributed by atoms with Gasteiger partial charge in [-0.2, -0.15) is 0 Å². The molecule has 3 heteroatoms. The predicted molar refractivity (Wildman–Crippen MR) is 94.5 cm³/mol. The van der Waals surface area contributed by atoms with Gasteiger partial charge < -0.3 is 10.1 Å². The van der Waals surface area contributed by atoms with E-state index in [-0.39, 0.29) is 0 Å². The first kappa shape index (κ1) is 15.2. The molecule has 1 aromatic heterocycles. The highest BCUT2D eigenvalue weighted by Crippen LogP contribution is 2.47. The molecular formula is C20H28N2O. The highest BCUT2D eigenvalue weighted by molar-refractivity contribution is 5.85. The summed E-state index contributed by atoms with van der Waals surface area (Å²) in [5.74, 6) is 0.938. The fourth-order valence-corrected chi connectivity index (χ4v) is 4.43. The van der Waals surface area contributed by atoms with Crippen molar-refractivity contribution in [3.05, 3.63) is 35.0 Å². The van der Waals surface area contributed by atoms with Gasteiger partial charge in [-0.15, -0.1) is 0 Å². The third-order valence-corrected chi connectivity index (χ3v) is 6.20. The number of nitrogens with one attached hydrogen (secondary N) is 1. The summed E-state index contributed by atoms with van der Waals surface area (Å²) < 4.78 is 0. The summed E-state index contributed by atoms with van der Waals surface area (Å²) in [5.41, 5.74) is 4.85. The van der Waals surface area contributed by atoms with Crippen molar-refractivity contribution >= 4 is 10.9 Å². The number of benzene rings is 1. The molecule has 1 aromatic carbocycles. The molecule has 4 rings (SSSR count). The number of aromatic amines is 1. The minimum atomic E-state index is -0.400. The molecule has 0 amide bonds. The van der Waals surface area contributed by atoms with Crippen LogP contribution in [0.15, 0.2) is 18.2 Å². The lowest BCUT2D eigenvalue weighted by atomic mass is 9.78. The Labute approximate surface area is 138 Å². The average molecular weight is 312 g/mol. The second kappa shape index (κ2) is 5.35. The van der Waals surface area contributed by atoms with Crippen LogP contribution in [-0.4, -0.2) is 33.7 Å². The molecule has 2 heterocycles. The van der Waals surface area contributed by atoms with E-state index in [9.17, 15) is 5.11 Å². The molecule has 3 nitrogen and oxygen atoms in total. The van der Waals surface area contributed by atoms with E-state index in [4.69, 9.17) is 0 Å². The first-order chi connectivity index (χ1) is 11.0. The molecule has 2 fully saturated rings. The Morgan fingerprint density at radius 3 is 2.78 bits per heavy atom. The van der Waals surface area contributed by atoms with E-state index in [1.807, 2.05) is 0 Å². The number of likely N-dealkylation sites (tertiary alicyclic amines) is 1. The number of H-pyrrole nitrogens is 1. The van der Waals surface area contributed by atoms with Crippen molar-refractivity contribution in [1.82, 2.24) is 9.88 Å². The summed E-state index contributed by atoms with van der Waals surface area (Å²) >= 11 is 0. The van der Waals surface area contributed by atoms with Gasteiger partial charge in [-0.05, 0) is 62.6 Å². The summed E-state index contributed by atoms with van der Waals surface area (Å²) in [6, 6.07) is 6.63. The van der Waals surface area contributed by atoms with Crippen molar-refractivity contribution in [3.63, 3.8) is 0 Å². The Bertz CT molecular complexity index is 731. The second-order valence-electron chi connectivity index (χ2n) is 7.93. The second-order valence-corrected chi connectivity index (χ2v) is 7.93. The first-order valence-corrected chi connectivity index (χ1v) is 9.00. The largest absolute Gasteiger partial charge is 0.389 e. The lowest BCUT2D eigenvalue weighted by Gasteiger charge is -2.43. The van der Waals surface area contributed by atoms with Gasteiger partial charge in [0.15, 0.2) is 0 Å². The van der Waals surface area contributed by atoms with Crippen molar-refractivity contribution < 1.29 is 5.11 Å². The maximum Gasteiger partial charge on any atom is 0.0725 e.